The highest BCUT2D eigenvalue weighted by Gasteiger charge is 2.25. The molecular formula is C14H28IN5O2. The Labute approximate surface area is 149 Å². The molecule has 7 nitrogen and oxygen atoms in total. The minimum atomic E-state index is -0.0472. The second kappa shape index (κ2) is 11.5. The minimum Gasteiger partial charge on any atom is -0.355 e. The number of nitrogens with one attached hydrogen (secondary N) is 3. The van der Waals surface area contributed by atoms with Gasteiger partial charge in [-0.1, -0.05) is 13.8 Å². The van der Waals surface area contributed by atoms with Crippen molar-refractivity contribution in [2.24, 2.45) is 4.99 Å². The van der Waals surface area contributed by atoms with E-state index in [9.17, 15) is 9.59 Å². The molecule has 0 aliphatic carbocycles. The van der Waals surface area contributed by atoms with Gasteiger partial charge >= 0.3 is 0 Å². The van der Waals surface area contributed by atoms with E-state index in [1.54, 1.807) is 7.05 Å². The highest BCUT2D eigenvalue weighted by Crippen LogP contribution is 2.10. The van der Waals surface area contributed by atoms with Crippen molar-refractivity contribution in [2.75, 3.05) is 33.2 Å². The van der Waals surface area contributed by atoms with E-state index in [1.165, 1.54) is 0 Å². The van der Waals surface area contributed by atoms with Crippen LogP contribution in [0, 0.1) is 0 Å². The van der Waals surface area contributed by atoms with Crippen molar-refractivity contribution in [1.82, 2.24) is 20.9 Å². The summed E-state index contributed by atoms with van der Waals surface area (Å²) >= 11 is 0. The number of amides is 2. The van der Waals surface area contributed by atoms with E-state index >= 15 is 0 Å². The fourth-order valence-corrected chi connectivity index (χ4v) is 2.21. The van der Waals surface area contributed by atoms with Crippen LogP contribution in [-0.2, 0) is 9.59 Å². The fraction of sp³-hybridized carbons (Fsp3) is 0.786. The first-order chi connectivity index (χ1) is 10.1. The lowest BCUT2D eigenvalue weighted by Gasteiger charge is -2.18. The summed E-state index contributed by atoms with van der Waals surface area (Å²) in [4.78, 5) is 29.1. The molecule has 0 aromatic carbocycles. The number of guanidine groups is 1. The summed E-state index contributed by atoms with van der Waals surface area (Å²) in [6.45, 7) is 6.23. The summed E-state index contributed by atoms with van der Waals surface area (Å²) in [7, 11) is 1.67. The van der Waals surface area contributed by atoms with Gasteiger partial charge in [-0.05, 0) is 12.8 Å². The quantitative estimate of drug-likeness (QED) is 0.325. The van der Waals surface area contributed by atoms with Gasteiger partial charge < -0.3 is 20.9 Å². The molecule has 3 N–H and O–H groups in total. The molecule has 2 amide bonds. The first-order valence-corrected chi connectivity index (χ1v) is 7.62. The predicted octanol–water partition coefficient (Wildman–Crippen LogP) is 0.307. The molecule has 0 radical (unpaired) electrons. The molecule has 1 fully saturated rings. The zero-order valence-electron chi connectivity index (χ0n) is 13.6. The molecular weight excluding hydrogens is 397 g/mol. The Morgan fingerprint density at radius 3 is 2.59 bits per heavy atom. The van der Waals surface area contributed by atoms with E-state index in [-0.39, 0.29) is 48.4 Å². The third-order valence-corrected chi connectivity index (χ3v) is 3.40. The lowest BCUT2D eigenvalue weighted by molar-refractivity contribution is -0.129. The molecule has 8 heteroatoms. The Morgan fingerprint density at radius 2 is 2.00 bits per heavy atom. The highest BCUT2D eigenvalue weighted by molar-refractivity contribution is 14.0. The van der Waals surface area contributed by atoms with Gasteiger partial charge in [0.05, 0.1) is 6.54 Å². The van der Waals surface area contributed by atoms with Crippen molar-refractivity contribution in [1.29, 1.82) is 0 Å². The summed E-state index contributed by atoms with van der Waals surface area (Å²) in [6, 6.07) is 0.186. The number of carbonyl (C=O) groups excluding carboxylic acids is 2. The average Bonchev–Trinajstić information content (AvgIpc) is 2.96. The van der Waals surface area contributed by atoms with Gasteiger partial charge in [-0.15, -0.1) is 24.0 Å². The number of nitrogens with zero attached hydrogens (tertiary/aromatic N) is 2. The first-order valence-electron chi connectivity index (χ1n) is 7.62. The Bertz CT molecular complexity index is 389. The third-order valence-electron chi connectivity index (χ3n) is 3.40. The van der Waals surface area contributed by atoms with E-state index in [1.807, 2.05) is 18.7 Å². The average molecular weight is 425 g/mol. The third kappa shape index (κ3) is 7.28. The highest BCUT2D eigenvalue weighted by atomic mass is 127. The second-order valence-corrected chi connectivity index (χ2v) is 5.10. The monoisotopic (exact) mass is 425 g/mol. The molecule has 0 bridgehead atoms. The molecule has 1 atom stereocenters. The van der Waals surface area contributed by atoms with Crippen molar-refractivity contribution in [3.8, 4) is 0 Å². The van der Waals surface area contributed by atoms with Crippen LogP contribution < -0.4 is 16.0 Å². The van der Waals surface area contributed by atoms with Crippen LogP contribution in [0.4, 0.5) is 0 Å². The van der Waals surface area contributed by atoms with Crippen LogP contribution in [0.1, 0.15) is 33.1 Å². The summed E-state index contributed by atoms with van der Waals surface area (Å²) in [5.74, 6) is 0.729. The fourth-order valence-electron chi connectivity index (χ4n) is 2.21. The molecule has 0 spiro atoms. The van der Waals surface area contributed by atoms with Crippen molar-refractivity contribution >= 4 is 41.8 Å². The van der Waals surface area contributed by atoms with Crippen molar-refractivity contribution in [3.05, 3.63) is 0 Å². The van der Waals surface area contributed by atoms with E-state index in [2.05, 4.69) is 20.9 Å². The Kier molecular flexibility index (Phi) is 10.9. The lowest BCUT2D eigenvalue weighted by Crippen LogP contribution is -2.47. The lowest BCUT2D eigenvalue weighted by atomic mass is 10.3. The van der Waals surface area contributed by atoms with Crippen LogP contribution in [0.3, 0.4) is 0 Å². The van der Waals surface area contributed by atoms with Crippen molar-refractivity contribution in [2.45, 2.75) is 39.2 Å². The molecule has 0 saturated carbocycles. The van der Waals surface area contributed by atoms with E-state index < -0.39 is 0 Å². The normalized spacial score (nSPS) is 17.7. The van der Waals surface area contributed by atoms with Crippen LogP contribution >= 0.6 is 24.0 Å². The summed E-state index contributed by atoms with van der Waals surface area (Å²) in [6.07, 6.45) is 2.36. The Morgan fingerprint density at radius 1 is 1.27 bits per heavy atom. The molecule has 0 aromatic rings. The smallest absolute Gasteiger partial charge is 0.239 e. The number of halogens is 1. The van der Waals surface area contributed by atoms with E-state index in [0.29, 0.717) is 25.5 Å². The van der Waals surface area contributed by atoms with Crippen LogP contribution in [0.25, 0.3) is 0 Å². The van der Waals surface area contributed by atoms with Gasteiger partial charge in [0.1, 0.15) is 0 Å². The number of aliphatic imine (C=N–C) groups is 1. The maximum Gasteiger partial charge on any atom is 0.239 e. The number of carbonyl (C=O) groups is 2. The number of likely N-dealkylation sites (tertiary alicyclic amines) is 1. The number of hydrogen-bond donors (Lipinski definition) is 3. The maximum absolute atomic E-state index is 11.6. The van der Waals surface area contributed by atoms with Gasteiger partial charge in [-0.25, -0.2) is 0 Å². The van der Waals surface area contributed by atoms with Gasteiger partial charge in [0.25, 0.3) is 0 Å². The standard InChI is InChI=1S/C14H27N5O2.HI/c1-4-7-16-12(20)9-17-14(15-3)18-11-6-8-19(10-11)13(21)5-2;/h11H,4-10H2,1-3H3,(H,16,20)(H2,15,17,18);1H. The predicted molar refractivity (Wildman–Crippen MR) is 98.5 cm³/mol. The van der Waals surface area contributed by atoms with Gasteiger partial charge in [-0.3, -0.25) is 14.6 Å². The topological polar surface area (TPSA) is 85.8 Å². The minimum absolute atomic E-state index is 0. The van der Waals surface area contributed by atoms with Crippen LogP contribution in [0.5, 0.6) is 0 Å². The molecule has 1 saturated heterocycles. The summed E-state index contributed by atoms with van der Waals surface area (Å²) in [5, 5.41) is 9.04. The van der Waals surface area contributed by atoms with Crippen molar-refractivity contribution < 1.29 is 9.59 Å². The second-order valence-electron chi connectivity index (χ2n) is 5.10. The zero-order chi connectivity index (χ0) is 15.7. The molecule has 1 aliphatic rings. The van der Waals surface area contributed by atoms with E-state index in [0.717, 1.165) is 19.4 Å². The zero-order valence-corrected chi connectivity index (χ0v) is 16.0. The maximum atomic E-state index is 11.6. The van der Waals surface area contributed by atoms with Crippen LogP contribution in [0.2, 0.25) is 0 Å². The first kappa shape index (κ1) is 20.9. The van der Waals surface area contributed by atoms with E-state index in [4.69, 9.17) is 0 Å². The number of rotatable bonds is 6. The van der Waals surface area contributed by atoms with Crippen LogP contribution in [-0.4, -0.2) is 61.9 Å². The summed E-state index contributed by atoms with van der Waals surface area (Å²) in [5.41, 5.74) is 0. The van der Waals surface area contributed by atoms with Gasteiger partial charge in [-0.2, -0.15) is 0 Å². The SMILES string of the molecule is CCCNC(=O)CNC(=NC)NC1CCN(C(=O)CC)C1.I. The molecule has 0 aromatic heterocycles. The molecule has 1 heterocycles. The van der Waals surface area contributed by atoms with Gasteiger partial charge in [0.2, 0.25) is 11.8 Å². The molecule has 1 aliphatic heterocycles. The molecule has 1 rings (SSSR count). The van der Waals surface area contributed by atoms with Gasteiger partial charge in [0.15, 0.2) is 5.96 Å². The largest absolute Gasteiger partial charge is 0.355 e. The molecule has 22 heavy (non-hydrogen) atoms. The summed E-state index contributed by atoms with van der Waals surface area (Å²) < 4.78 is 0. The molecule has 1 unspecified atom stereocenters. The van der Waals surface area contributed by atoms with Crippen LogP contribution in [0.15, 0.2) is 4.99 Å². The van der Waals surface area contributed by atoms with Crippen molar-refractivity contribution in [3.63, 3.8) is 0 Å². The molecule has 128 valence electrons. The number of hydrogen-bond acceptors (Lipinski definition) is 3. The Hall–Kier alpha value is -1.06. The van der Waals surface area contributed by atoms with Gasteiger partial charge in [0, 0.05) is 39.1 Å². The Balaban J connectivity index is 0.00000441.